The van der Waals surface area contributed by atoms with Crippen LogP contribution >= 0.6 is 0 Å². The Bertz CT molecular complexity index is 634. The number of carbonyl (C=O) groups is 1. The van der Waals surface area contributed by atoms with E-state index >= 15 is 0 Å². The molecule has 3 heteroatoms. The van der Waals surface area contributed by atoms with Crippen molar-refractivity contribution in [1.29, 1.82) is 0 Å². The summed E-state index contributed by atoms with van der Waals surface area (Å²) in [6.07, 6.45) is 7.80. The van der Waals surface area contributed by atoms with Gasteiger partial charge in [0.25, 0.3) is 0 Å². The van der Waals surface area contributed by atoms with Crippen LogP contribution in [0.5, 0.6) is 17.2 Å². The van der Waals surface area contributed by atoms with Crippen molar-refractivity contribution in [3.63, 3.8) is 0 Å². The van der Waals surface area contributed by atoms with Crippen LogP contribution in [0.3, 0.4) is 0 Å². The van der Waals surface area contributed by atoms with E-state index in [2.05, 4.69) is 13.8 Å². The minimum absolute atomic E-state index is 0.0168. The van der Waals surface area contributed by atoms with Gasteiger partial charge in [-0.15, -0.1) is 0 Å². The molecule has 0 amide bonds. The van der Waals surface area contributed by atoms with Gasteiger partial charge in [-0.05, 0) is 49.2 Å². The minimum Gasteiger partial charge on any atom is -0.457 e. The summed E-state index contributed by atoms with van der Waals surface area (Å²) in [5.74, 6) is 1.93. The molecule has 2 aromatic carbocycles. The van der Waals surface area contributed by atoms with E-state index in [4.69, 9.17) is 9.47 Å². The molecule has 0 radical (unpaired) electrons. The van der Waals surface area contributed by atoms with E-state index in [0.717, 1.165) is 30.8 Å². The number of ether oxygens (including phenoxy) is 2. The third kappa shape index (κ3) is 6.91. The highest BCUT2D eigenvalue weighted by Crippen LogP contribution is 2.25. The number of hydrogen-bond donors (Lipinski definition) is 0. The van der Waals surface area contributed by atoms with Crippen molar-refractivity contribution >= 4 is 5.97 Å². The van der Waals surface area contributed by atoms with Crippen LogP contribution in [0.1, 0.15) is 58.8 Å². The van der Waals surface area contributed by atoms with Gasteiger partial charge in [0.05, 0.1) is 5.92 Å². The second kappa shape index (κ2) is 11.3. The fourth-order valence-corrected chi connectivity index (χ4v) is 2.88. The van der Waals surface area contributed by atoms with E-state index in [1.165, 1.54) is 25.7 Å². The van der Waals surface area contributed by atoms with Crippen LogP contribution in [0, 0.1) is 5.92 Å². The largest absolute Gasteiger partial charge is 0.457 e. The minimum atomic E-state index is -0.125. The number of rotatable bonds is 11. The molecule has 0 saturated heterocycles. The summed E-state index contributed by atoms with van der Waals surface area (Å²) < 4.78 is 11.3. The van der Waals surface area contributed by atoms with Gasteiger partial charge in [0.15, 0.2) is 0 Å². The van der Waals surface area contributed by atoms with Crippen LogP contribution in [0.4, 0.5) is 0 Å². The molecule has 0 heterocycles. The average molecular weight is 354 g/mol. The van der Waals surface area contributed by atoms with Crippen LogP contribution in [0.25, 0.3) is 0 Å². The topological polar surface area (TPSA) is 35.5 Å². The molecule has 140 valence electrons. The molecule has 0 spiro atoms. The zero-order valence-electron chi connectivity index (χ0n) is 15.9. The Labute approximate surface area is 157 Å². The van der Waals surface area contributed by atoms with Crippen molar-refractivity contribution in [2.45, 2.75) is 58.8 Å². The monoisotopic (exact) mass is 354 g/mol. The van der Waals surface area contributed by atoms with Gasteiger partial charge in [-0.1, -0.05) is 64.2 Å². The van der Waals surface area contributed by atoms with Crippen LogP contribution in [-0.2, 0) is 4.79 Å². The summed E-state index contributed by atoms with van der Waals surface area (Å²) in [6.45, 7) is 4.26. The molecule has 0 fully saturated rings. The third-order valence-corrected chi connectivity index (χ3v) is 4.50. The Balaban J connectivity index is 1.81. The van der Waals surface area contributed by atoms with E-state index in [9.17, 15) is 4.79 Å². The molecule has 2 rings (SSSR count). The van der Waals surface area contributed by atoms with Crippen LogP contribution in [0.15, 0.2) is 54.6 Å². The van der Waals surface area contributed by atoms with Crippen molar-refractivity contribution in [1.82, 2.24) is 0 Å². The standard InChI is InChI=1S/C23H30O3/c1-3-5-6-7-9-12-19(4-2)23(24)26-22-17-15-21(16-18-22)25-20-13-10-8-11-14-20/h8,10-11,13-19H,3-7,9,12H2,1-2H3. The first-order valence-corrected chi connectivity index (χ1v) is 9.77. The molecule has 2 aromatic rings. The summed E-state index contributed by atoms with van der Waals surface area (Å²) in [5.41, 5.74) is 0. The molecule has 0 aliphatic carbocycles. The predicted octanol–water partition coefficient (Wildman–Crippen LogP) is 6.77. The molecule has 26 heavy (non-hydrogen) atoms. The Morgan fingerprint density at radius 3 is 2.08 bits per heavy atom. The average Bonchev–Trinajstić information content (AvgIpc) is 2.67. The maximum Gasteiger partial charge on any atom is 0.314 e. The molecule has 0 bridgehead atoms. The molecule has 1 atom stereocenters. The van der Waals surface area contributed by atoms with Gasteiger partial charge in [-0.2, -0.15) is 0 Å². The number of benzene rings is 2. The zero-order chi connectivity index (χ0) is 18.6. The number of esters is 1. The highest BCUT2D eigenvalue weighted by Gasteiger charge is 2.18. The van der Waals surface area contributed by atoms with E-state index in [0.29, 0.717) is 5.75 Å². The fourth-order valence-electron chi connectivity index (χ4n) is 2.88. The lowest BCUT2D eigenvalue weighted by Crippen LogP contribution is -2.20. The number of unbranched alkanes of at least 4 members (excludes halogenated alkanes) is 4. The van der Waals surface area contributed by atoms with Crippen molar-refractivity contribution in [3.05, 3.63) is 54.6 Å². The number of para-hydroxylation sites is 1. The van der Waals surface area contributed by atoms with E-state index in [-0.39, 0.29) is 11.9 Å². The predicted molar refractivity (Wildman–Crippen MR) is 106 cm³/mol. The molecule has 0 aromatic heterocycles. The first kappa shape index (κ1) is 20.0. The second-order valence-electron chi connectivity index (χ2n) is 6.62. The molecule has 0 saturated carbocycles. The maximum absolute atomic E-state index is 12.4. The van der Waals surface area contributed by atoms with E-state index in [1.54, 1.807) is 12.1 Å². The lowest BCUT2D eigenvalue weighted by molar-refractivity contribution is -0.139. The summed E-state index contributed by atoms with van der Waals surface area (Å²) in [7, 11) is 0. The van der Waals surface area contributed by atoms with Crippen molar-refractivity contribution in [3.8, 4) is 17.2 Å². The van der Waals surface area contributed by atoms with Gasteiger partial charge in [-0.25, -0.2) is 0 Å². The molecule has 0 aliphatic heterocycles. The Morgan fingerprint density at radius 1 is 0.808 bits per heavy atom. The molecule has 0 aliphatic rings. The Hall–Kier alpha value is -2.29. The lowest BCUT2D eigenvalue weighted by atomic mass is 9.98. The SMILES string of the molecule is CCCCCCCC(CC)C(=O)Oc1ccc(Oc2ccccc2)cc1. The zero-order valence-corrected chi connectivity index (χ0v) is 15.9. The number of carbonyl (C=O) groups excluding carboxylic acids is 1. The normalized spacial score (nSPS) is 11.8. The van der Waals surface area contributed by atoms with Gasteiger partial charge < -0.3 is 9.47 Å². The quantitative estimate of drug-likeness (QED) is 0.254. The van der Waals surface area contributed by atoms with Gasteiger partial charge in [0.2, 0.25) is 0 Å². The van der Waals surface area contributed by atoms with Crippen LogP contribution < -0.4 is 9.47 Å². The summed E-state index contributed by atoms with van der Waals surface area (Å²) in [6, 6.07) is 16.8. The Kier molecular flexibility index (Phi) is 8.74. The molecule has 1 unspecified atom stereocenters. The van der Waals surface area contributed by atoms with Crippen LogP contribution in [0.2, 0.25) is 0 Å². The maximum atomic E-state index is 12.4. The molecule has 0 N–H and O–H groups in total. The second-order valence-corrected chi connectivity index (χ2v) is 6.62. The van der Waals surface area contributed by atoms with Gasteiger partial charge >= 0.3 is 5.97 Å². The van der Waals surface area contributed by atoms with Crippen LogP contribution in [-0.4, -0.2) is 5.97 Å². The molecular weight excluding hydrogens is 324 g/mol. The van der Waals surface area contributed by atoms with Crippen molar-refractivity contribution in [2.75, 3.05) is 0 Å². The fraction of sp³-hybridized carbons (Fsp3) is 0.435. The van der Waals surface area contributed by atoms with Gasteiger partial charge in [0.1, 0.15) is 17.2 Å². The lowest BCUT2D eigenvalue weighted by Gasteiger charge is -2.14. The number of hydrogen-bond acceptors (Lipinski definition) is 3. The molecular formula is C23H30O3. The summed E-state index contributed by atoms with van der Waals surface area (Å²) >= 11 is 0. The first-order valence-electron chi connectivity index (χ1n) is 9.77. The summed E-state index contributed by atoms with van der Waals surface area (Å²) in [4.78, 5) is 12.4. The highest BCUT2D eigenvalue weighted by molar-refractivity contribution is 5.75. The first-order chi connectivity index (χ1) is 12.7. The van der Waals surface area contributed by atoms with Crippen molar-refractivity contribution < 1.29 is 14.3 Å². The van der Waals surface area contributed by atoms with Gasteiger partial charge in [-0.3, -0.25) is 4.79 Å². The van der Waals surface area contributed by atoms with E-state index < -0.39 is 0 Å². The van der Waals surface area contributed by atoms with Gasteiger partial charge in [0, 0.05) is 0 Å². The Morgan fingerprint density at radius 2 is 1.42 bits per heavy atom. The highest BCUT2D eigenvalue weighted by atomic mass is 16.5. The molecule has 3 nitrogen and oxygen atoms in total. The van der Waals surface area contributed by atoms with E-state index in [1.807, 2.05) is 42.5 Å². The summed E-state index contributed by atoms with van der Waals surface area (Å²) in [5, 5.41) is 0. The smallest absolute Gasteiger partial charge is 0.314 e. The third-order valence-electron chi connectivity index (χ3n) is 4.50. The van der Waals surface area contributed by atoms with Crippen molar-refractivity contribution in [2.24, 2.45) is 5.92 Å².